The zero-order valence-corrected chi connectivity index (χ0v) is 22.1. The lowest BCUT2D eigenvalue weighted by Crippen LogP contribution is -2.38. The molecule has 6 heteroatoms. The van der Waals surface area contributed by atoms with Gasteiger partial charge in [-0.1, -0.05) is 60.2 Å². The molecule has 0 saturated heterocycles. The molecule has 1 aliphatic rings. The van der Waals surface area contributed by atoms with Gasteiger partial charge >= 0.3 is 6.03 Å². The van der Waals surface area contributed by atoms with E-state index in [1.54, 1.807) is 0 Å². The van der Waals surface area contributed by atoms with E-state index in [0.717, 1.165) is 50.8 Å². The number of para-hydroxylation sites is 1. The van der Waals surface area contributed by atoms with Gasteiger partial charge in [-0.2, -0.15) is 5.10 Å². The van der Waals surface area contributed by atoms with Crippen LogP contribution in [0.3, 0.4) is 0 Å². The van der Waals surface area contributed by atoms with Gasteiger partial charge in [0.2, 0.25) is 0 Å². The van der Waals surface area contributed by atoms with Gasteiger partial charge in [0.15, 0.2) is 0 Å². The van der Waals surface area contributed by atoms with Gasteiger partial charge in [-0.15, -0.1) is 0 Å². The predicted octanol–water partition coefficient (Wildman–Crippen LogP) is 7.03. The normalized spacial score (nSPS) is 14.5. The van der Waals surface area contributed by atoms with Crippen molar-refractivity contribution in [3.05, 3.63) is 130 Å². The Kier molecular flexibility index (Phi) is 5.87. The Bertz CT molecular complexity index is 1630. The molecule has 2 aromatic heterocycles. The maximum Gasteiger partial charge on any atom is 0.322 e. The smallest absolute Gasteiger partial charge is 0.308 e. The highest BCUT2D eigenvalue weighted by molar-refractivity contribution is 5.91. The number of aryl methyl sites for hydroxylation is 4. The van der Waals surface area contributed by atoms with Crippen molar-refractivity contribution >= 4 is 11.7 Å². The fourth-order valence-corrected chi connectivity index (χ4v) is 5.31. The molecular formula is C32H31N5O. The Morgan fingerprint density at radius 2 is 1.61 bits per heavy atom. The van der Waals surface area contributed by atoms with E-state index in [0.29, 0.717) is 6.54 Å². The van der Waals surface area contributed by atoms with E-state index in [2.05, 4.69) is 71.5 Å². The van der Waals surface area contributed by atoms with E-state index in [9.17, 15) is 4.79 Å². The van der Waals surface area contributed by atoms with Crippen molar-refractivity contribution in [2.75, 3.05) is 5.32 Å². The minimum atomic E-state index is -0.285. The molecule has 1 N–H and O–H groups in total. The Morgan fingerprint density at radius 1 is 0.868 bits per heavy atom. The van der Waals surface area contributed by atoms with Gasteiger partial charge < -0.3 is 14.8 Å². The van der Waals surface area contributed by atoms with Crippen LogP contribution in [0.1, 0.15) is 45.2 Å². The van der Waals surface area contributed by atoms with E-state index in [1.165, 1.54) is 5.56 Å². The van der Waals surface area contributed by atoms with Crippen LogP contribution in [-0.2, 0) is 6.54 Å². The highest BCUT2D eigenvalue weighted by atomic mass is 16.2. The average molecular weight is 502 g/mol. The summed E-state index contributed by atoms with van der Waals surface area (Å²) in [4.78, 5) is 16.1. The van der Waals surface area contributed by atoms with Gasteiger partial charge in [-0.05, 0) is 74.7 Å². The Hall–Kier alpha value is -4.58. The summed E-state index contributed by atoms with van der Waals surface area (Å²) >= 11 is 0. The van der Waals surface area contributed by atoms with E-state index >= 15 is 0 Å². The fraction of sp³-hybridized carbons (Fsp3) is 0.188. The van der Waals surface area contributed by atoms with Crippen LogP contribution >= 0.6 is 0 Å². The number of carbonyl (C=O) groups excluding carboxylic acids is 1. The Balaban J connectivity index is 1.54. The van der Waals surface area contributed by atoms with Crippen LogP contribution in [-0.4, -0.2) is 25.3 Å². The highest BCUT2D eigenvalue weighted by Crippen LogP contribution is 2.39. The topological polar surface area (TPSA) is 55.1 Å². The summed E-state index contributed by atoms with van der Waals surface area (Å²) in [5.41, 5.74) is 9.13. The number of rotatable bonds is 3. The molecule has 0 aliphatic carbocycles. The third-order valence-corrected chi connectivity index (χ3v) is 7.38. The summed E-state index contributed by atoms with van der Waals surface area (Å²) in [6.07, 6.45) is 2.07. The summed E-state index contributed by atoms with van der Waals surface area (Å²) in [5, 5.41) is 8.15. The molecule has 6 rings (SSSR count). The van der Waals surface area contributed by atoms with E-state index < -0.39 is 0 Å². The second-order valence-corrected chi connectivity index (χ2v) is 10.1. The zero-order chi connectivity index (χ0) is 26.4. The van der Waals surface area contributed by atoms with Crippen LogP contribution in [0.25, 0.3) is 11.5 Å². The molecule has 3 aromatic carbocycles. The molecule has 3 heterocycles. The van der Waals surface area contributed by atoms with E-state index in [-0.39, 0.29) is 12.1 Å². The quantitative estimate of drug-likeness (QED) is 0.288. The number of aromatic nitrogens is 3. The first-order valence-electron chi connectivity index (χ1n) is 12.9. The van der Waals surface area contributed by atoms with Gasteiger partial charge in [-0.3, -0.25) is 0 Å². The second kappa shape index (κ2) is 9.38. The fourth-order valence-electron chi connectivity index (χ4n) is 5.31. The molecule has 0 unspecified atom stereocenters. The van der Waals surface area contributed by atoms with Crippen LogP contribution in [0.4, 0.5) is 10.5 Å². The maximum absolute atomic E-state index is 14.1. The van der Waals surface area contributed by atoms with Gasteiger partial charge in [0, 0.05) is 17.4 Å². The van der Waals surface area contributed by atoms with Crippen LogP contribution in [0.15, 0.2) is 91.1 Å². The second-order valence-electron chi connectivity index (χ2n) is 10.1. The number of hydrogen-bond acceptors (Lipinski definition) is 2. The minimum Gasteiger partial charge on any atom is -0.308 e. The molecule has 1 atom stereocenters. The van der Waals surface area contributed by atoms with Crippen molar-refractivity contribution in [3.8, 4) is 11.5 Å². The maximum atomic E-state index is 14.1. The van der Waals surface area contributed by atoms with Crippen LogP contribution in [0.5, 0.6) is 0 Å². The molecule has 1 aliphatic heterocycles. The number of urea groups is 1. The number of nitrogens with zero attached hydrogens (tertiary/aromatic N) is 4. The first-order chi connectivity index (χ1) is 18.4. The lowest BCUT2D eigenvalue weighted by molar-refractivity contribution is 0.194. The van der Waals surface area contributed by atoms with E-state index in [4.69, 9.17) is 5.10 Å². The van der Waals surface area contributed by atoms with E-state index in [1.807, 2.05) is 66.8 Å². The monoisotopic (exact) mass is 501 g/mol. The van der Waals surface area contributed by atoms with Crippen molar-refractivity contribution < 1.29 is 4.79 Å². The summed E-state index contributed by atoms with van der Waals surface area (Å²) < 4.78 is 4.19. The first kappa shape index (κ1) is 23.8. The molecule has 38 heavy (non-hydrogen) atoms. The number of fused-ring (bicyclic) bond motifs is 3. The first-order valence-corrected chi connectivity index (χ1v) is 12.9. The summed E-state index contributed by atoms with van der Waals surface area (Å²) in [5.74, 6) is 0.966. The largest absolute Gasteiger partial charge is 0.322 e. The molecule has 0 radical (unpaired) electrons. The van der Waals surface area contributed by atoms with Crippen LogP contribution in [0.2, 0.25) is 0 Å². The number of carbonyl (C=O) groups is 1. The molecule has 0 saturated carbocycles. The third kappa shape index (κ3) is 4.08. The number of amides is 2. The van der Waals surface area contributed by atoms with Crippen molar-refractivity contribution in [3.63, 3.8) is 0 Å². The third-order valence-electron chi connectivity index (χ3n) is 7.38. The van der Waals surface area contributed by atoms with Crippen molar-refractivity contribution in [2.24, 2.45) is 0 Å². The van der Waals surface area contributed by atoms with Crippen molar-refractivity contribution in [2.45, 2.75) is 40.3 Å². The number of anilines is 1. The molecule has 0 fully saturated rings. The average Bonchev–Trinajstić information content (AvgIpc) is 3.48. The summed E-state index contributed by atoms with van der Waals surface area (Å²) in [6, 6.07) is 28.5. The molecule has 6 nitrogen and oxygen atoms in total. The highest BCUT2D eigenvalue weighted by Gasteiger charge is 2.36. The van der Waals surface area contributed by atoms with Crippen LogP contribution < -0.4 is 5.32 Å². The lowest BCUT2D eigenvalue weighted by Gasteiger charge is -2.31. The molecule has 0 spiro atoms. The molecule has 5 aromatic rings. The number of nitrogens with one attached hydrogen (secondary N) is 1. The van der Waals surface area contributed by atoms with Crippen LogP contribution in [0, 0.1) is 27.7 Å². The molecular weight excluding hydrogens is 470 g/mol. The predicted molar refractivity (Wildman–Crippen MR) is 151 cm³/mol. The van der Waals surface area contributed by atoms with Gasteiger partial charge in [0.05, 0.1) is 29.7 Å². The van der Waals surface area contributed by atoms with Gasteiger partial charge in [-0.25, -0.2) is 9.48 Å². The number of benzene rings is 3. The Labute approximate surface area is 223 Å². The summed E-state index contributed by atoms with van der Waals surface area (Å²) in [6.45, 7) is 8.58. The lowest BCUT2D eigenvalue weighted by atomic mass is 10.0. The van der Waals surface area contributed by atoms with Crippen molar-refractivity contribution in [1.82, 2.24) is 19.2 Å². The Morgan fingerprint density at radius 3 is 2.37 bits per heavy atom. The molecule has 2 amide bonds. The minimum absolute atomic E-state index is 0.142. The molecule has 0 bridgehead atoms. The summed E-state index contributed by atoms with van der Waals surface area (Å²) in [7, 11) is 0. The molecule has 190 valence electrons. The number of hydrogen-bond donors (Lipinski definition) is 1. The van der Waals surface area contributed by atoms with Crippen molar-refractivity contribution in [1.29, 1.82) is 0 Å². The standard InChI is InChI=1S/C32H31N5O/c1-21-13-16-25(17-14-21)30-29-11-8-18-35(29)31-27(24(4)34-37(31)26-9-6-5-7-10-26)20-36(30)32(38)33-28-19-22(2)12-15-23(28)3/h5-19,30H,20H2,1-4H3,(H,33,38)/t30-/m0/s1. The zero-order valence-electron chi connectivity index (χ0n) is 22.1. The van der Waals surface area contributed by atoms with Gasteiger partial charge in [0.25, 0.3) is 0 Å². The van der Waals surface area contributed by atoms with Gasteiger partial charge in [0.1, 0.15) is 5.82 Å². The SMILES string of the molecule is Cc1ccc([C@H]2c3cccn3-c3c(c(C)nn3-c3ccccc3)CN2C(=O)Nc2cc(C)ccc2C)cc1.